The molecule has 0 unspecified atom stereocenters. The smallest absolute Gasteiger partial charge is 0.416 e. The molecule has 11 nitrogen and oxygen atoms in total. The van der Waals surface area contributed by atoms with E-state index in [0.717, 1.165) is 12.1 Å². The number of allylic oxidation sites excluding steroid dienone is 1. The van der Waals surface area contributed by atoms with Crippen LogP contribution in [0.25, 0.3) is 11.0 Å². The number of carbonyl (C=O) groups excluding carboxylic acids is 3. The fourth-order valence-electron chi connectivity index (χ4n) is 4.86. The minimum atomic E-state index is -4.92. The highest BCUT2D eigenvalue weighted by Crippen LogP contribution is 2.38. The lowest BCUT2D eigenvalue weighted by Crippen LogP contribution is -2.48. The molecule has 4 aromatic rings. The zero-order valence-electron chi connectivity index (χ0n) is 24.6. The van der Waals surface area contributed by atoms with Gasteiger partial charge >= 0.3 is 12.2 Å². The Labute approximate surface area is 262 Å². The maximum Gasteiger partial charge on any atom is 0.416 e. The van der Waals surface area contributed by atoms with E-state index in [-0.39, 0.29) is 36.8 Å². The fraction of sp³-hybridized carbons (Fsp3) is 0.258. The van der Waals surface area contributed by atoms with Crippen LogP contribution in [-0.4, -0.2) is 72.1 Å². The molecular weight excluding hydrogens is 612 g/mol. The molecule has 244 valence electrons. The number of aryl methyl sites for hydroxylation is 1. The molecule has 3 heterocycles. The van der Waals surface area contributed by atoms with Crippen molar-refractivity contribution < 1.29 is 44.0 Å². The van der Waals surface area contributed by atoms with Gasteiger partial charge in [0.15, 0.2) is 11.8 Å². The summed E-state index contributed by atoms with van der Waals surface area (Å²) in [6.45, 7) is 2.78. The predicted octanol–water partition coefficient (Wildman–Crippen LogP) is 5.68. The molecule has 2 N–H and O–H groups in total. The quantitative estimate of drug-likeness (QED) is 0.142. The van der Waals surface area contributed by atoms with Crippen molar-refractivity contribution in [2.45, 2.75) is 19.1 Å². The predicted molar refractivity (Wildman–Crippen MR) is 163 cm³/mol. The maximum atomic E-state index is 13.9. The lowest BCUT2D eigenvalue weighted by atomic mass is 10.1. The first kappa shape index (κ1) is 31.9. The third-order valence-corrected chi connectivity index (χ3v) is 7.32. The Hall–Kier alpha value is -5.47. The van der Waals surface area contributed by atoms with Crippen LogP contribution in [0.4, 0.5) is 34.0 Å². The van der Waals surface area contributed by atoms with E-state index in [1.807, 2.05) is 5.32 Å². The summed E-state index contributed by atoms with van der Waals surface area (Å²) in [5.74, 6) is -0.939. The Morgan fingerprint density at radius 2 is 1.70 bits per heavy atom. The van der Waals surface area contributed by atoms with Crippen molar-refractivity contribution in [3.63, 3.8) is 0 Å². The molecule has 15 heteroatoms. The van der Waals surface area contributed by atoms with Gasteiger partial charge in [0, 0.05) is 51.6 Å². The first-order valence-corrected chi connectivity index (χ1v) is 14.0. The second kappa shape index (κ2) is 13.3. The van der Waals surface area contributed by atoms with Gasteiger partial charge in [-0.05, 0) is 55.5 Å². The van der Waals surface area contributed by atoms with Crippen LogP contribution in [0.1, 0.15) is 30.6 Å². The molecule has 5 rings (SSSR count). The third-order valence-electron chi connectivity index (χ3n) is 7.32. The van der Waals surface area contributed by atoms with E-state index in [2.05, 4.69) is 15.3 Å². The van der Waals surface area contributed by atoms with Crippen LogP contribution in [0.5, 0.6) is 5.75 Å². The third kappa shape index (κ3) is 7.25. The molecule has 0 spiro atoms. The molecule has 46 heavy (non-hydrogen) atoms. The number of piperazine rings is 1. The number of rotatable bonds is 8. The van der Waals surface area contributed by atoms with Crippen molar-refractivity contribution in [3.8, 4) is 5.75 Å². The largest absolute Gasteiger partial charge is 0.497 e. The fourth-order valence-corrected chi connectivity index (χ4v) is 4.86. The Balaban J connectivity index is 0.00000312. The maximum absolute atomic E-state index is 13.9. The number of benzene rings is 2. The van der Waals surface area contributed by atoms with Crippen molar-refractivity contribution in [3.05, 3.63) is 89.7 Å². The number of fused-ring (bicyclic) bond motifs is 1. The van der Waals surface area contributed by atoms with Crippen molar-refractivity contribution in [2.75, 3.05) is 43.5 Å². The van der Waals surface area contributed by atoms with Gasteiger partial charge in [0.25, 0.3) is 0 Å². The molecule has 1 atom stereocenters. The molecule has 1 aliphatic rings. The number of nitrogens with zero attached hydrogens (tertiary/aromatic N) is 4. The van der Waals surface area contributed by atoms with Gasteiger partial charge in [-0.2, -0.15) is 13.2 Å². The van der Waals surface area contributed by atoms with E-state index < -0.39 is 29.8 Å². The highest BCUT2D eigenvalue weighted by Gasteiger charge is 2.45. The second-order valence-electron chi connectivity index (χ2n) is 10.3. The zero-order valence-corrected chi connectivity index (χ0v) is 24.6. The number of urea groups is 1. The first-order chi connectivity index (χ1) is 21.9. The number of hydrogen-bond donors (Lipinski definition) is 2. The summed E-state index contributed by atoms with van der Waals surface area (Å²) in [5.41, 5.74) is 0.549. The number of aromatic nitrogens is 2. The molecule has 0 radical (unpaired) electrons. The number of methoxy groups -OCH3 is 1. The Morgan fingerprint density at radius 3 is 2.33 bits per heavy atom. The molecule has 1 fully saturated rings. The summed E-state index contributed by atoms with van der Waals surface area (Å²) in [6, 6.07) is 6.17. The molecule has 3 amide bonds. The summed E-state index contributed by atoms with van der Waals surface area (Å²) in [4.78, 5) is 49.3. The van der Waals surface area contributed by atoms with Gasteiger partial charge in [-0.25, -0.2) is 19.2 Å². The van der Waals surface area contributed by atoms with Crippen LogP contribution in [0, 0.1) is 12.7 Å². The monoisotopic (exact) mass is 644 g/mol. The number of amides is 3. The molecule has 2 aromatic heterocycles. The summed E-state index contributed by atoms with van der Waals surface area (Å²) in [5, 5.41) is 4.31. The number of ether oxygens (including phenoxy) is 1. The number of alkyl halides is 3. The number of halogens is 4. The lowest BCUT2D eigenvalue weighted by Gasteiger charge is -2.34. The van der Waals surface area contributed by atoms with Crippen LogP contribution in [-0.2, 0) is 4.79 Å². The SMILES string of the molecule is COc1ccc(C(=O)/C=C/C(=O)N2CCN(c3ncc(NC(=O)N[C@H](c4oc5ccc(F)cc5c4C)C(F)(F)F)cn3)CC2)cc1.[HH].[HH]. The molecule has 1 saturated heterocycles. The second-order valence-corrected chi connectivity index (χ2v) is 10.3. The number of furan rings is 1. The van der Waals surface area contributed by atoms with E-state index in [4.69, 9.17) is 9.15 Å². The first-order valence-electron chi connectivity index (χ1n) is 14.0. The average molecular weight is 645 g/mol. The Bertz CT molecular complexity index is 1780. The summed E-state index contributed by atoms with van der Waals surface area (Å²) < 4.78 is 65.9. The highest BCUT2D eigenvalue weighted by atomic mass is 19.4. The zero-order chi connectivity index (χ0) is 33.0. The summed E-state index contributed by atoms with van der Waals surface area (Å²) >= 11 is 0. The van der Waals surface area contributed by atoms with Gasteiger partial charge in [0.05, 0.1) is 25.2 Å². The van der Waals surface area contributed by atoms with Gasteiger partial charge in [-0.1, -0.05) is 0 Å². The Kier molecular flexibility index (Phi) is 9.21. The minimum Gasteiger partial charge on any atom is -0.497 e. The Morgan fingerprint density at radius 1 is 1.02 bits per heavy atom. The molecule has 0 aliphatic carbocycles. The van der Waals surface area contributed by atoms with Crippen LogP contribution < -0.4 is 20.3 Å². The number of ketones is 1. The van der Waals surface area contributed by atoms with Crippen LogP contribution in [0.15, 0.2) is 71.4 Å². The number of hydrogen-bond acceptors (Lipinski definition) is 8. The number of anilines is 2. The van der Waals surface area contributed by atoms with Gasteiger partial charge in [0.1, 0.15) is 22.9 Å². The van der Waals surface area contributed by atoms with Crippen LogP contribution in [0.2, 0.25) is 0 Å². The van der Waals surface area contributed by atoms with Gasteiger partial charge < -0.3 is 29.6 Å². The highest BCUT2D eigenvalue weighted by molar-refractivity contribution is 6.07. The van der Waals surface area contributed by atoms with Crippen LogP contribution in [0.3, 0.4) is 0 Å². The molecule has 2 aromatic carbocycles. The average Bonchev–Trinajstić information content (AvgIpc) is 3.36. The summed E-state index contributed by atoms with van der Waals surface area (Å²) in [6.07, 6.45) is 0.0100. The standard InChI is InChI=1S/C31H28F4N6O5.2H2/c1-18-23-15-20(32)5-9-25(23)46-27(18)28(31(33,34)35)39-30(44)38-21-16-36-29(37-17-21)41-13-11-40(12-14-41)26(43)10-8-24(42)19-3-6-22(45-2)7-4-19;;/h3-10,15-17,28H,11-14H2,1-2H3,(H2,38,39,44);2*1H/b10-8+;;/t28-;;/m1../s1. The van der Waals surface area contributed by atoms with Crippen molar-refractivity contribution >= 4 is 40.3 Å². The minimum absolute atomic E-state index is 0. The van der Waals surface area contributed by atoms with Gasteiger partial charge in [-0.15, -0.1) is 0 Å². The normalized spacial score (nSPS) is 14.4. The van der Waals surface area contributed by atoms with Crippen molar-refractivity contribution in [1.82, 2.24) is 20.2 Å². The van der Waals surface area contributed by atoms with E-state index >= 15 is 0 Å². The van der Waals surface area contributed by atoms with E-state index in [1.165, 1.54) is 44.6 Å². The van der Waals surface area contributed by atoms with E-state index in [1.54, 1.807) is 34.1 Å². The molecule has 1 aliphatic heterocycles. The van der Waals surface area contributed by atoms with Crippen molar-refractivity contribution in [1.29, 1.82) is 0 Å². The van der Waals surface area contributed by atoms with E-state index in [9.17, 15) is 31.9 Å². The molecule has 0 saturated carbocycles. The van der Waals surface area contributed by atoms with Crippen LogP contribution >= 0.6 is 0 Å². The van der Waals surface area contributed by atoms with Gasteiger partial charge in [-0.3, -0.25) is 9.59 Å². The summed E-state index contributed by atoms with van der Waals surface area (Å²) in [7, 11) is 1.52. The number of nitrogens with one attached hydrogen (secondary N) is 2. The molecular formula is C31H32F4N6O5. The van der Waals surface area contributed by atoms with Crippen molar-refractivity contribution in [2.24, 2.45) is 0 Å². The lowest BCUT2D eigenvalue weighted by molar-refractivity contribution is -0.158. The topological polar surface area (TPSA) is 130 Å². The van der Waals surface area contributed by atoms with E-state index in [0.29, 0.717) is 43.4 Å². The number of carbonyl (C=O) groups is 3. The van der Waals surface area contributed by atoms with Gasteiger partial charge in [0.2, 0.25) is 11.9 Å². The molecule has 0 bridgehead atoms.